The summed E-state index contributed by atoms with van der Waals surface area (Å²) in [6.07, 6.45) is 1.34. The van der Waals surface area contributed by atoms with Gasteiger partial charge in [0.25, 0.3) is 5.03 Å². The Hall–Kier alpha value is -2.94. The maximum absolute atomic E-state index is 12.0. The monoisotopic (exact) mass is 391 g/mol. The van der Waals surface area contributed by atoms with Crippen molar-refractivity contribution in [3.05, 3.63) is 47.8 Å². The van der Waals surface area contributed by atoms with Gasteiger partial charge in [-0.25, -0.2) is 4.79 Å². The van der Waals surface area contributed by atoms with E-state index in [1.54, 1.807) is 36.4 Å². The van der Waals surface area contributed by atoms with Crippen LogP contribution >= 0.6 is 11.8 Å². The highest BCUT2D eigenvalue weighted by Gasteiger charge is 2.13. The zero-order chi connectivity index (χ0) is 19.6. The summed E-state index contributed by atoms with van der Waals surface area (Å²) in [7, 11) is 0. The van der Waals surface area contributed by atoms with Crippen LogP contribution in [0.5, 0.6) is 11.5 Å². The van der Waals surface area contributed by atoms with E-state index in [0.29, 0.717) is 40.2 Å². The van der Waals surface area contributed by atoms with Crippen LogP contribution in [0.4, 0.5) is 10.5 Å². The Morgan fingerprint density at radius 3 is 2.56 bits per heavy atom. The van der Waals surface area contributed by atoms with E-state index in [1.807, 2.05) is 13.8 Å². The Labute approximate surface area is 161 Å². The van der Waals surface area contributed by atoms with Gasteiger partial charge in [0, 0.05) is 23.9 Å². The highest BCUT2D eigenvalue weighted by Crippen LogP contribution is 2.30. The van der Waals surface area contributed by atoms with E-state index in [0.717, 1.165) is 11.8 Å². The third-order valence-electron chi connectivity index (χ3n) is 3.19. The quantitative estimate of drug-likeness (QED) is 0.407. The number of rotatable bonds is 8. The SMILES string of the molecule is CCOc1ccc(NC(=O)NC(=O)CSc2cccc[n+]2[O-])cc1OCC. The van der Waals surface area contributed by atoms with Crippen molar-refractivity contribution in [1.29, 1.82) is 0 Å². The fraction of sp³-hybridized carbons (Fsp3) is 0.278. The molecular formula is C18H21N3O5S. The molecule has 0 aliphatic carbocycles. The summed E-state index contributed by atoms with van der Waals surface area (Å²) in [4.78, 5) is 23.9. The second-order valence-corrected chi connectivity index (χ2v) is 6.18. The molecule has 27 heavy (non-hydrogen) atoms. The van der Waals surface area contributed by atoms with Gasteiger partial charge in [0.05, 0.1) is 19.0 Å². The van der Waals surface area contributed by atoms with Gasteiger partial charge in [0.2, 0.25) is 5.91 Å². The summed E-state index contributed by atoms with van der Waals surface area (Å²) in [5, 5.41) is 16.7. The molecule has 0 bridgehead atoms. The van der Waals surface area contributed by atoms with Crippen molar-refractivity contribution >= 4 is 29.4 Å². The molecule has 1 aromatic heterocycles. The van der Waals surface area contributed by atoms with Crippen LogP contribution < -0.4 is 24.8 Å². The van der Waals surface area contributed by atoms with Crippen molar-refractivity contribution in [2.45, 2.75) is 18.9 Å². The lowest BCUT2D eigenvalue weighted by molar-refractivity contribution is -0.645. The van der Waals surface area contributed by atoms with Crippen LogP contribution in [-0.2, 0) is 4.79 Å². The van der Waals surface area contributed by atoms with E-state index >= 15 is 0 Å². The normalized spacial score (nSPS) is 10.1. The largest absolute Gasteiger partial charge is 0.618 e. The molecule has 2 N–H and O–H groups in total. The predicted octanol–water partition coefficient (Wildman–Crippen LogP) is 2.56. The Balaban J connectivity index is 1.90. The fourth-order valence-electron chi connectivity index (χ4n) is 2.12. The topological polar surface area (TPSA) is 104 Å². The molecule has 0 atom stereocenters. The number of thioether (sulfide) groups is 1. The van der Waals surface area contributed by atoms with Gasteiger partial charge < -0.3 is 20.0 Å². The van der Waals surface area contributed by atoms with Gasteiger partial charge in [-0.05, 0) is 43.8 Å². The first kappa shape index (κ1) is 20.4. The second kappa shape index (κ2) is 10.3. The molecule has 2 aromatic rings. The molecule has 0 saturated heterocycles. The van der Waals surface area contributed by atoms with Crippen LogP contribution in [0.25, 0.3) is 0 Å². The van der Waals surface area contributed by atoms with Crippen LogP contribution in [0.3, 0.4) is 0 Å². The number of hydrogen-bond donors (Lipinski definition) is 2. The van der Waals surface area contributed by atoms with Crippen molar-refractivity contribution in [3.63, 3.8) is 0 Å². The molecule has 3 amide bonds. The minimum atomic E-state index is -0.671. The lowest BCUT2D eigenvalue weighted by Gasteiger charge is -2.13. The summed E-state index contributed by atoms with van der Waals surface area (Å²) in [5.41, 5.74) is 0.459. The number of urea groups is 1. The van der Waals surface area contributed by atoms with Crippen LogP contribution in [0.1, 0.15) is 13.8 Å². The number of ether oxygens (including phenoxy) is 2. The van der Waals surface area contributed by atoms with Crippen molar-refractivity contribution in [2.75, 3.05) is 24.3 Å². The van der Waals surface area contributed by atoms with Crippen molar-refractivity contribution < 1.29 is 23.8 Å². The van der Waals surface area contributed by atoms with E-state index in [4.69, 9.17) is 9.47 Å². The Morgan fingerprint density at radius 2 is 1.85 bits per heavy atom. The molecule has 1 aromatic carbocycles. The highest BCUT2D eigenvalue weighted by atomic mass is 32.2. The predicted molar refractivity (Wildman–Crippen MR) is 102 cm³/mol. The minimum absolute atomic E-state index is 0.0624. The summed E-state index contributed by atoms with van der Waals surface area (Å²) < 4.78 is 11.6. The molecule has 0 saturated carbocycles. The van der Waals surface area contributed by atoms with E-state index in [9.17, 15) is 14.8 Å². The molecule has 2 rings (SSSR count). The smallest absolute Gasteiger partial charge is 0.325 e. The average molecular weight is 391 g/mol. The molecule has 8 nitrogen and oxygen atoms in total. The molecule has 0 unspecified atom stereocenters. The molecule has 9 heteroatoms. The van der Waals surface area contributed by atoms with E-state index < -0.39 is 11.9 Å². The summed E-state index contributed by atoms with van der Waals surface area (Å²) in [5.74, 6) is 0.500. The highest BCUT2D eigenvalue weighted by molar-refractivity contribution is 7.99. The number of hydrogen-bond acceptors (Lipinski definition) is 6. The number of aromatic nitrogens is 1. The zero-order valence-electron chi connectivity index (χ0n) is 15.1. The summed E-state index contributed by atoms with van der Waals surface area (Å²) >= 11 is 1.04. The zero-order valence-corrected chi connectivity index (χ0v) is 15.9. The first-order valence-electron chi connectivity index (χ1n) is 8.35. The van der Waals surface area contributed by atoms with Crippen LogP contribution in [0.2, 0.25) is 0 Å². The molecule has 0 fully saturated rings. The third kappa shape index (κ3) is 6.37. The Bertz CT molecular complexity index is 800. The fourth-order valence-corrected chi connectivity index (χ4v) is 2.83. The second-order valence-electron chi connectivity index (χ2n) is 5.18. The number of carbonyl (C=O) groups excluding carboxylic acids is 2. The van der Waals surface area contributed by atoms with Crippen molar-refractivity contribution in [2.24, 2.45) is 0 Å². The lowest BCUT2D eigenvalue weighted by Crippen LogP contribution is -2.36. The molecule has 0 radical (unpaired) electrons. The van der Waals surface area contributed by atoms with Crippen LogP contribution in [0, 0.1) is 5.21 Å². The number of amides is 3. The summed E-state index contributed by atoms with van der Waals surface area (Å²) in [6.45, 7) is 4.65. The number of benzene rings is 1. The Morgan fingerprint density at radius 1 is 1.11 bits per heavy atom. The lowest BCUT2D eigenvalue weighted by atomic mass is 10.2. The van der Waals surface area contributed by atoms with Crippen molar-refractivity contribution in [3.8, 4) is 11.5 Å². The van der Waals surface area contributed by atoms with Crippen LogP contribution in [-0.4, -0.2) is 30.9 Å². The minimum Gasteiger partial charge on any atom is -0.618 e. The molecule has 0 aliphatic rings. The number of carbonyl (C=O) groups is 2. The number of imide groups is 1. The third-order valence-corrected chi connectivity index (χ3v) is 4.21. The van der Waals surface area contributed by atoms with Gasteiger partial charge in [-0.2, -0.15) is 4.73 Å². The average Bonchev–Trinajstić information content (AvgIpc) is 2.63. The van der Waals surface area contributed by atoms with Gasteiger partial charge in [-0.1, -0.05) is 0 Å². The molecule has 144 valence electrons. The maximum Gasteiger partial charge on any atom is 0.325 e. The first-order valence-corrected chi connectivity index (χ1v) is 9.33. The van der Waals surface area contributed by atoms with Crippen LogP contribution in [0.15, 0.2) is 47.6 Å². The molecule has 0 aliphatic heterocycles. The molecular weight excluding hydrogens is 370 g/mol. The van der Waals surface area contributed by atoms with Crippen molar-refractivity contribution in [1.82, 2.24) is 5.32 Å². The number of pyridine rings is 1. The maximum atomic E-state index is 12.0. The molecule has 1 heterocycles. The number of nitrogens with one attached hydrogen (secondary N) is 2. The van der Waals surface area contributed by atoms with E-state index in [1.165, 1.54) is 6.20 Å². The Kier molecular flexibility index (Phi) is 7.75. The standard InChI is InChI=1S/C18H21N3O5S/c1-3-25-14-9-8-13(11-15(14)26-4-2)19-18(23)20-16(22)12-27-17-7-5-6-10-21(17)24/h5-11H,3-4,12H2,1-2H3,(H2,19,20,22,23). The molecule has 0 spiro atoms. The van der Waals surface area contributed by atoms with Gasteiger partial charge in [0.15, 0.2) is 17.7 Å². The van der Waals surface area contributed by atoms with E-state index in [-0.39, 0.29) is 5.75 Å². The van der Waals surface area contributed by atoms with Gasteiger partial charge >= 0.3 is 6.03 Å². The van der Waals surface area contributed by atoms with E-state index in [2.05, 4.69) is 10.6 Å². The van der Waals surface area contributed by atoms with Gasteiger partial charge in [0.1, 0.15) is 0 Å². The number of nitrogens with zero attached hydrogens (tertiary/aromatic N) is 1. The van der Waals surface area contributed by atoms with Gasteiger partial charge in [-0.15, -0.1) is 0 Å². The number of anilines is 1. The summed E-state index contributed by atoms with van der Waals surface area (Å²) in [6, 6.07) is 9.18. The van der Waals surface area contributed by atoms with Gasteiger partial charge in [-0.3, -0.25) is 10.1 Å². The first-order chi connectivity index (χ1) is 13.0.